The minimum Gasteiger partial charge on any atom is -0.347 e. The molecule has 1 aliphatic heterocycles. The molecule has 1 unspecified atom stereocenters. The Morgan fingerprint density at radius 3 is 2.56 bits per heavy atom. The summed E-state index contributed by atoms with van der Waals surface area (Å²) >= 11 is 0. The molecule has 0 aliphatic carbocycles. The normalized spacial score (nSPS) is 37.7. The number of hydrogen-bond donors (Lipinski definition) is 0. The molecule has 0 spiro atoms. The molecule has 1 fully saturated rings. The van der Waals surface area contributed by atoms with Gasteiger partial charge in [-0.3, -0.25) is 0 Å². The molecular formula is C7H13O2. The Bertz CT molecular complexity index is 103. The highest BCUT2D eigenvalue weighted by atomic mass is 16.7. The zero-order chi connectivity index (χ0) is 6.91. The molecule has 2 heteroatoms. The van der Waals surface area contributed by atoms with Crippen LogP contribution < -0.4 is 0 Å². The van der Waals surface area contributed by atoms with Crippen LogP contribution in [0.3, 0.4) is 0 Å². The molecule has 0 bridgehead atoms. The topological polar surface area (TPSA) is 18.5 Å². The lowest BCUT2D eigenvalue weighted by atomic mass is 10.2. The molecule has 0 aromatic rings. The third kappa shape index (κ3) is 1.43. The molecule has 1 aliphatic rings. The van der Waals surface area contributed by atoms with Crippen molar-refractivity contribution in [2.24, 2.45) is 0 Å². The van der Waals surface area contributed by atoms with E-state index in [9.17, 15) is 0 Å². The molecule has 9 heavy (non-hydrogen) atoms. The van der Waals surface area contributed by atoms with Crippen LogP contribution in [0.2, 0.25) is 0 Å². The minimum absolute atomic E-state index is 0.329. The zero-order valence-corrected chi connectivity index (χ0v) is 6.23. The van der Waals surface area contributed by atoms with Gasteiger partial charge < -0.3 is 9.47 Å². The second-order valence-electron chi connectivity index (χ2n) is 2.58. The molecule has 1 atom stereocenters. The average molecular weight is 129 g/mol. The van der Waals surface area contributed by atoms with E-state index in [2.05, 4.69) is 6.92 Å². The summed E-state index contributed by atoms with van der Waals surface area (Å²) in [5.41, 5.74) is 0. The van der Waals surface area contributed by atoms with Crippen molar-refractivity contribution in [1.29, 1.82) is 0 Å². The van der Waals surface area contributed by atoms with Crippen molar-refractivity contribution in [1.82, 2.24) is 0 Å². The molecule has 53 valence electrons. The summed E-state index contributed by atoms with van der Waals surface area (Å²) in [6, 6.07) is 0. The Balaban J connectivity index is 2.45. The molecule has 1 saturated heterocycles. The van der Waals surface area contributed by atoms with Crippen molar-refractivity contribution in [3.05, 3.63) is 6.10 Å². The third-order valence-electron chi connectivity index (χ3n) is 1.61. The minimum atomic E-state index is -0.329. The summed E-state index contributed by atoms with van der Waals surface area (Å²) in [6.45, 7) is 6.62. The van der Waals surface area contributed by atoms with Crippen LogP contribution in [0.15, 0.2) is 0 Å². The van der Waals surface area contributed by atoms with Gasteiger partial charge in [0.15, 0.2) is 5.79 Å². The maximum absolute atomic E-state index is 5.39. The van der Waals surface area contributed by atoms with Crippen molar-refractivity contribution in [2.45, 2.75) is 33.0 Å². The molecule has 0 saturated carbocycles. The smallest absolute Gasteiger partial charge is 0.166 e. The fourth-order valence-corrected chi connectivity index (χ4v) is 0.856. The Morgan fingerprint density at radius 2 is 2.33 bits per heavy atom. The van der Waals surface area contributed by atoms with Crippen LogP contribution in [0.1, 0.15) is 27.2 Å². The van der Waals surface area contributed by atoms with Crippen molar-refractivity contribution < 1.29 is 9.47 Å². The van der Waals surface area contributed by atoms with Crippen LogP contribution in [-0.4, -0.2) is 12.4 Å². The first-order valence-electron chi connectivity index (χ1n) is 3.32. The van der Waals surface area contributed by atoms with E-state index in [-0.39, 0.29) is 5.79 Å². The quantitative estimate of drug-likeness (QED) is 0.536. The molecule has 1 rings (SSSR count). The van der Waals surface area contributed by atoms with Gasteiger partial charge in [0.1, 0.15) is 6.10 Å². The lowest BCUT2D eigenvalue weighted by Gasteiger charge is -2.19. The Hall–Kier alpha value is -0.0800. The van der Waals surface area contributed by atoms with Gasteiger partial charge >= 0.3 is 0 Å². The van der Waals surface area contributed by atoms with E-state index in [1.54, 1.807) is 0 Å². The molecule has 0 aromatic carbocycles. The monoisotopic (exact) mass is 129 g/mol. The van der Waals surface area contributed by atoms with Gasteiger partial charge in [-0.1, -0.05) is 6.92 Å². The van der Waals surface area contributed by atoms with Crippen LogP contribution >= 0.6 is 0 Å². The second kappa shape index (κ2) is 2.27. The highest BCUT2D eigenvalue weighted by Crippen LogP contribution is 2.29. The fraction of sp³-hybridized carbons (Fsp3) is 0.857. The van der Waals surface area contributed by atoms with Crippen molar-refractivity contribution in [3.63, 3.8) is 0 Å². The molecule has 0 N–H and O–H groups in total. The van der Waals surface area contributed by atoms with Gasteiger partial charge in [-0.05, 0) is 20.3 Å². The second-order valence-corrected chi connectivity index (χ2v) is 2.58. The van der Waals surface area contributed by atoms with E-state index in [1.165, 1.54) is 0 Å². The maximum Gasteiger partial charge on any atom is 0.166 e. The van der Waals surface area contributed by atoms with Gasteiger partial charge in [0.2, 0.25) is 0 Å². The summed E-state index contributed by atoms with van der Waals surface area (Å²) in [6.07, 6.45) is 1.89. The number of hydrogen-bond acceptors (Lipinski definition) is 2. The summed E-state index contributed by atoms with van der Waals surface area (Å²) in [4.78, 5) is 0. The highest BCUT2D eigenvalue weighted by molar-refractivity contribution is 4.82. The first-order valence-corrected chi connectivity index (χ1v) is 3.32. The van der Waals surface area contributed by atoms with Gasteiger partial charge in [-0.15, -0.1) is 0 Å². The van der Waals surface area contributed by atoms with Crippen LogP contribution in [0.4, 0.5) is 0 Å². The zero-order valence-electron chi connectivity index (χ0n) is 6.23. The van der Waals surface area contributed by atoms with Crippen molar-refractivity contribution >= 4 is 0 Å². The highest BCUT2D eigenvalue weighted by Gasteiger charge is 2.33. The van der Waals surface area contributed by atoms with E-state index in [0.717, 1.165) is 12.5 Å². The lowest BCUT2D eigenvalue weighted by molar-refractivity contribution is -0.141. The molecule has 0 amide bonds. The summed E-state index contributed by atoms with van der Waals surface area (Å²) in [7, 11) is 0. The Morgan fingerprint density at radius 1 is 1.67 bits per heavy atom. The SMILES string of the molecule is CCC1(C)OC[C](C)O1. The fourth-order valence-electron chi connectivity index (χ4n) is 0.856. The summed E-state index contributed by atoms with van der Waals surface area (Å²) < 4.78 is 10.7. The Labute approximate surface area is 56.2 Å². The van der Waals surface area contributed by atoms with E-state index >= 15 is 0 Å². The average Bonchev–Trinajstić information content (AvgIpc) is 2.13. The van der Waals surface area contributed by atoms with Crippen molar-refractivity contribution in [2.75, 3.05) is 6.61 Å². The van der Waals surface area contributed by atoms with E-state index < -0.39 is 0 Å². The molecule has 1 radical (unpaired) electrons. The number of rotatable bonds is 1. The van der Waals surface area contributed by atoms with Gasteiger partial charge in [-0.25, -0.2) is 0 Å². The first-order chi connectivity index (χ1) is 4.16. The van der Waals surface area contributed by atoms with Gasteiger partial charge in [-0.2, -0.15) is 0 Å². The van der Waals surface area contributed by atoms with Gasteiger partial charge in [0, 0.05) is 0 Å². The van der Waals surface area contributed by atoms with Crippen LogP contribution in [-0.2, 0) is 9.47 Å². The van der Waals surface area contributed by atoms with Crippen LogP contribution in [0.5, 0.6) is 0 Å². The number of ether oxygens (including phenoxy) is 2. The van der Waals surface area contributed by atoms with E-state index in [4.69, 9.17) is 9.47 Å². The Kier molecular flexibility index (Phi) is 1.78. The lowest BCUT2D eigenvalue weighted by Crippen LogP contribution is -2.23. The van der Waals surface area contributed by atoms with Crippen LogP contribution in [0, 0.1) is 6.10 Å². The molecular weight excluding hydrogens is 116 g/mol. The standard InChI is InChI=1S/C7H13O2/c1-4-7(3)8-5-6(2)9-7/h4-5H2,1-3H3. The maximum atomic E-state index is 5.39. The molecule has 1 heterocycles. The summed E-state index contributed by atoms with van der Waals surface area (Å²) in [5, 5.41) is 0. The predicted octanol–water partition coefficient (Wildman–Crippen LogP) is 1.71. The van der Waals surface area contributed by atoms with Crippen molar-refractivity contribution in [3.8, 4) is 0 Å². The van der Waals surface area contributed by atoms with Crippen LogP contribution in [0.25, 0.3) is 0 Å². The summed E-state index contributed by atoms with van der Waals surface area (Å²) in [5.74, 6) is -0.329. The molecule has 0 aromatic heterocycles. The van der Waals surface area contributed by atoms with E-state index in [1.807, 2.05) is 13.8 Å². The van der Waals surface area contributed by atoms with E-state index in [0.29, 0.717) is 6.61 Å². The first kappa shape index (κ1) is 7.03. The third-order valence-corrected chi connectivity index (χ3v) is 1.61. The van der Waals surface area contributed by atoms with Gasteiger partial charge in [0.25, 0.3) is 0 Å². The predicted molar refractivity (Wildman–Crippen MR) is 34.6 cm³/mol. The largest absolute Gasteiger partial charge is 0.347 e. The van der Waals surface area contributed by atoms with Gasteiger partial charge in [0.05, 0.1) is 6.61 Å². The molecule has 2 nitrogen and oxygen atoms in total.